The van der Waals surface area contributed by atoms with Gasteiger partial charge in [-0.05, 0) is 30.4 Å². The SMILES string of the molecule is O=C(c1coc(CN2CCc3ccccc3C2)n1)N1CCCCO1. The van der Waals surface area contributed by atoms with Crippen molar-refractivity contribution in [1.82, 2.24) is 14.9 Å². The maximum atomic E-state index is 12.3. The summed E-state index contributed by atoms with van der Waals surface area (Å²) in [5.41, 5.74) is 3.09. The molecule has 0 atom stereocenters. The van der Waals surface area contributed by atoms with Crippen molar-refractivity contribution in [2.24, 2.45) is 0 Å². The molecule has 0 unspecified atom stereocenters. The maximum absolute atomic E-state index is 12.3. The Hall–Kier alpha value is -2.18. The first-order valence-corrected chi connectivity index (χ1v) is 8.48. The molecule has 0 bridgehead atoms. The fourth-order valence-corrected chi connectivity index (χ4v) is 3.25. The molecule has 126 valence electrons. The van der Waals surface area contributed by atoms with Crippen LogP contribution in [-0.4, -0.2) is 40.6 Å². The third-order valence-corrected chi connectivity index (χ3v) is 4.57. The lowest BCUT2D eigenvalue weighted by Gasteiger charge is -2.27. The highest BCUT2D eigenvalue weighted by Crippen LogP contribution is 2.20. The summed E-state index contributed by atoms with van der Waals surface area (Å²) < 4.78 is 5.51. The predicted molar refractivity (Wildman–Crippen MR) is 87.0 cm³/mol. The first kappa shape index (κ1) is 15.4. The zero-order valence-electron chi connectivity index (χ0n) is 13.6. The number of carbonyl (C=O) groups is 1. The number of fused-ring (bicyclic) bond motifs is 1. The molecule has 3 heterocycles. The van der Waals surface area contributed by atoms with Crippen LogP contribution in [0.15, 0.2) is 34.9 Å². The number of nitrogens with zero attached hydrogens (tertiary/aromatic N) is 3. The van der Waals surface area contributed by atoms with Crippen molar-refractivity contribution in [3.63, 3.8) is 0 Å². The van der Waals surface area contributed by atoms with Crippen LogP contribution in [0.4, 0.5) is 0 Å². The van der Waals surface area contributed by atoms with Crippen molar-refractivity contribution in [3.8, 4) is 0 Å². The van der Waals surface area contributed by atoms with Crippen molar-refractivity contribution in [1.29, 1.82) is 0 Å². The quantitative estimate of drug-likeness (QED) is 0.866. The van der Waals surface area contributed by atoms with Crippen LogP contribution in [-0.2, 0) is 24.3 Å². The molecule has 0 spiro atoms. The first-order chi connectivity index (χ1) is 11.8. The van der Waals surface area contributed by atoms with Gasteiger partial charge < -0.3 is 4.42 Å². The van der Waals surface area contributed by atoms with Crippen molar-refractivity contribution in [3.05, 3.63) is 53.2 Å². The molecule has 1 aromatic carbocycles. The highest BCUT2D eigenvalue weighted by Gasteiger charge is 2.24. The number of benzene rings is 1. The van der Waals surface area contributed by atoms with Crippen molar-refractivity contribution in [2.45, 2.75) is 32.4 Å². The minimum Gasteiger partial charge on any atom is -0.447 e. The number of rotatable bonds is 3. The van der Waals surface area contributed by atoms with Crippen molar-refractivity contribution >= 4 is 5.91 Å². The topological polar surface area (TPSA) is 58.8 Å². The van der Waals surface area contributed by atoms with Gasteiger partial charge in [0.25, 0.3) is 5.91 Å². The van der Waals surface area contributed by atoms with Gasteiger partial charge in [0.15, 0.2) is 5.69 Å². The molecule has 2 aliphatic heterocycles. The summed E-state index contributed by atoms with van der Waals surface area (Å²) in [5, 5.41) is 1.39. The monoisotopic (exact) mass is 327 g/mol. The van der Waals surface area contributed by atoms with Crippen LogP contribution < -0.4 is 0 Å². The lowest BCUT2D eigenvalue weighted by Crippen LogP contribution is -2.36. The smallest absolute Gasteiger partial charge is 0.299 e. The predicted octanol–water partition coefficient (Wildman–Crippen LogP) is 2.40. The van der Waals surface area contributed by atoms with Gasteiger partial charge in [0.05, 0.1) is 13.2 Å². The van der Waals surface area contributed by atoms with Crippen LogP contribution in [0.3, 0.4) is 0 Å². The first-order valence-electron chi connectivity index (χ1n) is 8.48. The Bertz CT molecular complexity index is 722. The van der Waals surface area contributed by atoms with E-state index in [1.54, 1.807) is 0 Å². The van der Waals surface area contributed by atoms with E-state index in [0.717, 1.165) is 32.4 Å². The molecule has 1 aromatic heterocycles. The summed E-state index contributed by atoms with van der Waals surface area (Å²) in [6.45, 7) is 3.67. The molecule has 6 nitrogen and oxygen atoms in total. The summed E-state index contributed by atoms with van der Waals surface area (Å²) in [6, 6.07) is 8.51. The van der Waals surface area contributed by atoms with Crippen molar-refractivity contribution in [2.75, 3.05) is 19.7 Å². The third kappa shape index (κ3) is 3.20. The number of hydrogen-bond acceptors (Lipinski definition) is 5. The second kappa shape index (κ2) is 6.75. The largest absolute Gasteiger partial charge is 0.447 e. The van der Waals surface area contributed by atoms with Gasteiger partial charge in [0.1, 0.15) is 6.26 Å². The van der Waals surface area contributed by atoms with E-state index in [1.165, 1.54) is 22.5 Å². The van der Waals surface area contributed by atoms with Gasteiger partial charge in [-0.1, -0.05) is 24.3 Å². The standard InChI is InChI=1S/C18H21N3O3/c22-18(21-8-3-4-10-24-21)16-13-23-17(19-16)12-20-9-7-14-5-1-2-6-15(14)11-20/h1-2,5-6,13H,3-4,7-12H2. The number of carbonyl (C=O) groups excluding carboxylic acids is 1. The van der Waals surface area contributed by atoms with E-state index in [2.05, 4.69) is 34.1 Å². The Balaban J connectivity index is 1.40. The Morgan fingerprint density at radius 3 is 2.88 bits per heavy atom. The lowest BCUT2D eigenvalue weighted by molar-refractivity contribution is -0.144. The average Bonchev–Trinajstić information content (AvgIpc) is 3.10. The number of hydroxylamine groups is 2. The van der Waals surface area contributed by atoms with Gasteiger partial charge in [-0.3, -0.25) is 14.5 Å². The lowest BCUT2D eigenvalue weighted by atomic mass is 10.00. The molecule has 0 radical (unpaired) electrons. The molecular formula is C18H21N3O3. The average molecular weight is 327 g/mol. The molecule has 0 N–H and O–H groups in total. The van der Waals surface area contributed by atoms with Gasteiger partial charge in [-0.2, -0.15) is 0 Å². The summed E-state index contributed by atoms with van der Waals surface area (Å²) in [7, 11) is 0. The second-order valence-electron chi connectivity index (χ2n) is 6.30. The molecule has 1 amide bonds. The van der Waals surface area contributed by atoms with Crippen LogP contribution in [0.25, 0.3) is 0 Å². The van der Waals surface area contributed by atoms with Crippen molar-refractivity contribution < 1.29 is 14.0 Å². The molecule has 0 aliphatic carbocycles. The fraction of sp³-hybridized carbons (Fsp3) is 0.444. The van der Waals surface area contributed by atoms with Crippen LogP contribution >= 0.6 is 0 Å². The van der Waals surface area contributed by atoms with E-state index in [4.69, 9.17) is 9.25 Å². The summed E-state index contributed by atoms with van der Waals surface area (Å²) in [5.74, 6) is 0.364. The zero-order valence-corrected chi connectivity index (χ0v) is 13.6. The Labute approximate surface area is 141 Å². The molecule has 4 rings (SSSR count). The normalized spacial score (nSPS) is 18.4. The van der Waals surface area contributed by atoms with Gasteiger partial charge in [0.2, 0.25) is 5.89 Å². The van der Waals surface area contributed by atoms with E-state index in [9.17, 15) is 4.79 Å². The highest BCUT2D eigenvalue weighted by atomic mass is 16.7. The molecule has 2 aliphatic rings. The van der Waals surface area contributed by atoms with E-state index in [1.807, 2.05) is 0 Å². The number of amides is 1. The Morgan fingerprint density at radius 1 is 1.17 bits per heavy atom. The number of hydrogen-bond donors (Lipinski definition) is 0. The summed E-state index contributed by atoms with van der Waals surface area (Å²) in [6.07, 6.45) is 4.42. The summed E-state index contributed by atoms with van der Waals surface area (Å²) >= 11 is 0. The molecule has 2 aromatic rings. The van der Waals surface area contributed by atoms with Crippen LogP contribution in [0, 0.1) is 0 Å². The molecule has 0 saturated carbocycles. The van der Waals surface area contributed by atoms with Gasteiger partial charge in [-0.25, -0.2) is 10.0 Å². The second-order valence-corrected chi connectivity index (χ2v) is 6.30. The van der Waals surface area contributed by atoms with Crippen LogP contribution in [0.5, 0.6) is 0 Å². The van der Waals surface area contributed by atoms with Crippen LogP contribution in [0.1, 0.15) is 40.3 Å². The molecule has 1 fully saturated rings. The van der Waals surface area contributed by atoms with E-state index in [0.29, 0.717) is 31.3 Å². The maximum Gasteiger partial charge on any atom is 0.299 e. The molecule has 6 heteroatoms. The molecular weight excluding hydrogens is 306 g/mol. The van der Waals surface area contributed by atoms with Gasteiger partial charge >= 0.3 is 0 Å². The number of aromatic nitrogens is 1. The number of oxazole rings is 1. The summed E-state index contributed by atoms with van der Waals surface area (Å²) in [4.78, 5) is 24.4. The van der Waals surface area contributed by atoms with E-state index in [-0.39, 0.29) is 5.91 Å². The van der Waals surface area contributed by atoms with Gasteiger partial charge in [-0.15, -0.1) is 0 Å². The zero-order chi connectivity index (χ0) is 16.4. The molecule has 1 saturated heterocycles. The Morgan fingerprint density at radius 2 is 2.04 bits per heavy atom. The Kier molecular flexibility index (Phi) is 4.32. The highest BCUT2D eigenvalue weighted by molar-refractivity contribution is 5.91. The third-order valence-electron chi connectivity index (χ3n) is 4.57. The molecule has 24 heavy (non-hydrogen) atoms. The van der Waals surface area contributed by atoms with Crippen LogP contribution in [0.2, 0.25) is 0 Å². The minimum atomic E-state index is -0.214. The fourth-order valence-electron chi connectivity index (χ4n) is 3.25. The van der Waals surface area contributed by atoms with E-state index < -0.39 is 0 Å². The van der Waals surface area contributed by atoms with Gasteiger partial charge in [0, 0.05) is 19.6 Å². The minimum absolute atomic E-state index is 0.214. The van der Waals surface area contributed by atoms with E-state index >= 15 is 0 Å².